The van der Waals surface area contributed by atoms with Gasteiger partial charge in [-0.05, 0) is 0 Å². The lowest BCUT2D eigenvalue weighted by Crippen LogP contribution is -2.19. The van der Waals surface area contributed by atoms with Crippen LogP contribution in [-0.4, -0.2) is 47.1 Å². The van der Waals surface area contributed by atoms with E-state index in [1.54, 1.807) is 0 Å². The third-order valence-electron chi connectivity index (χ3n) is 3.54. The molecule has 0 aliphatic heterocycles. The van der Waals surface area contributed by atoms with Gasteiger partial charge in [-0.2, -0.15) is 0 Å². The first-order valence-corrected chi connectivity index (χ1v) is 6.93. The van der Waals surface area contributed by atoms with E-state index in [1.807, 2.05) is 0 Å². The second-order valence-corrected chi connectivity index (χ2v) is 5.14. The molecule has 6 heteroatoms. The van der Waals surface area contributed by atoms with Crippen LogP contribution in [0.5, 0.6) is 0 Å². The van der Waals surface area contributed by atoms with Crippen LogP contribution >= 0.6 is 0 Å². The van der Waals surface area contributed by atoms with Crippen LogP contribution in [0.25, 0.3) is 0 Å². The van der Waals surface area contributed by atoms with Crippen molar-refractivity contribution in [3.63, 3.8) is 0 Å². The molecule has 0 aliphatic rings. The van der Waals surface area contributed by atoms with Crippen LogP contribution in [0.2, 0.25) is 35.4 Å². The van der Waals surface area contributed by atoms with E-state index in [0.717, 1.165) is 12.8 Å². The van der Waals surface area contributed by atoms with Crippen molar-refractivity contribution in [3.05, 3.63) is 0 Å². The summed E-state index contributed by atoms with van der Waals surface area (Å²) < 4.78 is 0. The van der Waals surface area contributed by atoms with Gasteiger partial charge in [-0.3, -0.25) is 0 Å². The van der Waals surface area contributed by atoms with Gasteiger partial charge in [0.25, 0.3) is 0 Å². The topological polar surface area (TPSA) is 0 Å². The van der Waals surface area contributed by atoms with Crippen LogP contribution in [-0.2, 0) is 0 Å². The minimum Gasteiger partial charge on any atom is -0.0940 e. The minimum atomic E-state index is -0.412. The zero-order valence-corrected chi connectivity index (χ0v) is 11.6. The summed E-state index contributed by atoms with van der Waals surface area (Å²) in [5.74, 6) is -1.62. The van der Waals surface area contributed by atoms with E-state index < -0.39 is 11.6 Å². The maximum Gasteiger partial charge on any atom is 0.0693 e. The minimum absolute atomic E-state index is 0.132. The van der Waals surface area contributed by atoms with Crippen LogP contribution < -0.4 is 0 Å². The molecule has 18 heavy (non-hydrogen) atoms. The summed E-state index contributed by atoms with van der Waals surface area (Å²) in [7, 11) is 35.2. The number of hydrogen-bond acceptors (Lipinski definition) is 0. The molecule has 0 saturated carbocycles. The molecule has 0 bridgehead atoms. The fourth-order valence-corrected chi connectivity index (χ4v) is 1.98. The molecule has 0 fully saturated rings. The number of unbranched alkanes of at least 4 members (excludes halogenated alkanes) is 3. The van der Waals surface area contributed by atoms with E-state index in [9.17, 15) is 0 Å². The highest BCUT2D eigenvalue weighted by Crippen LogP contribution is 2.43. The fraction of sp³-hybridized carbons (Fsp3) is 1.00. The summed E-state index contributed by atoms with van der Waals surface area (Å²) in [6.07, 6.45) is 5.86. The Morgan fingerprint density at radius 3 is 1.78 bits per heavy atom. The van der Waals surface area contributed by atoms with E-state index in [2.05, 4.69) is 6.92 Å². The van der Waals surface area contributed by atoms with Crippen LogP contribution in [0, 0.1) is 0 Å². The van der Waals surface area contributed by atoms with Crippen LogP contribution in [0.4, 0.5) is 0 Å². The summed E-state index contributed by atoms with van der Waals surface area (Å²) in [6, 6.07) is 0. The highest BCUT2D eigenvalue weighted by molar-refractivity contribution is 6.32. The van der Waals surface area contributed by atoms with E-state index >= 15 is 0 Å². The molecule has 0 rings (SSSR count). The van der Waals surface area contributed by atoms with E-state index in [1.165, 1.54) is 19.3 Å². The molecule has 5 atom stereocenters. The molecular weight excluding hydrogens is 209 g/mol. The van der Waals surface area contributed by atoms with Gasteiger partial charge in [0.15, 0.2) is 0 Å². The average molecular weight is 229 g/mol. The normalized spacial score (nSPS) is 19.8. The van der Waals surface area contributed by atoms with Crippen LogP contribution in [0.3, 0.4) is 0 Å². The Morgan fingerprint density at radius 2 is 1.28 bits per heavy atom. The largest absolute Gasteiger partial charge is 0.0940 e. The molecule has 86 valence electrons. The Morgan fingerprint density at radius 1 is 0.722 bits per heavy atom. The average Bonchev–Trinajstić information content (AvgIpc) is 2.39. The van der Waals surface area contributed by atoms with E-state index in [4.69, 9.17) is 47.1 Å². The van der Waals surface area contributed by atoms with Gasteiger partial charge >= 0.3 is 0 Å². The standard InChI is InChI=1S/C12H20B6/c1-2-3-4-5-6-8(14)10(16)12(18)11(17)9(15)7-13/h8-12H,2-7H2,1H3. The molecular formula is C12H20B6. The molecule has 0 spiro atoms. The first-order valence-electron chi connectivity index (χ1n) is 6.93. The molecule has 0 aromatic carbocycles. The molecule has 0 aromatic rings. The lowest BCUT2D eigenvalue weighted by molar-refractivity contribution is 0.561. The highest BCUT2D eigenvalue weighted by atomic mass is 14.2. The van der Waals surface area contributed by atoms with Crippen molar-refractivity contribution < 1.29 is 0 Å². The summed E-state index contributed by atoms with van der Waals surface area (Å²) in [5.41, 5.74) is 0. The molecule has 0 amide bonds. The van der Waals surface area contributed by atoms with Crippen molar-refractivity contribution in [2.75, 3.05) is 0 Å². The van der Waals surface area contributed by atoms with Crippen molar-refractivity contribution in [1.82, 2.24) is 0 Å². The SMILES string of the molecule is [B]CC([B])C([B])C([B])C([B])C([B])CCCCCC. The zero-order valence-electron chi connectivity index (χ0n) is 11.6. The van der Waals surface area contributed by atoms with Crippen molar-refractivity contribution in [2.24, 2.45) is 0 Å². The van der Waals surface area contributed by atoms with Crippen LogP contribution in [0.1, 0.15) is 39.0 Å². The lowest BCUT2D eigenvalue weighted by atomic mass is 9.44. The monoisotopic (exact) mass is 230 g/mol. The molecule has 0 N–H and O–H groups in total. The van der Waals surface area contributed by atoms with Crippen molar-refractivity contribution in [3.8, 4) is 0 Å². The fourth-order valence-electron chi connectivity index (χ4n) is 1.98. The van der Waals surface area contributed by atoms with Gasteiger partial charge in [0, 0.05) is 0 Å². The third-order valence-corrected chi connectivity index (χ3v) is 3.54. The highest BCUT2D eigenvalue weighted by Gasteiger charge is 2.24. The number of rotatable bonds is 10. The van der Waals surface area contributed by atoms with E-state index in [0.29, 0.717) is 6.32 Å². The van der Waals surface area contributed by atoms with Crippen molar-refractivity contribution in [1.29, 1.82) is 0 Å². The molecule has 0 nitrogen and oxygen atoms in total. The third kappa shape index (κ3) is 6.53. The Bertz CT molecular complexity index is 201. The quantitative estimate of drug-likeness (QED) is 0.398. The smallest absolute Gasteiger partial charge is 0.0693 e. The molecule has 0 saturated heterocycles. The van der Waals surface area contributed by atoms with E-state index in [-0.39, 0.29) is 17.5 Å². The Balaban J connectivity index is 4.06. The van der Waals surface area contributed by atoms with Gasteiger partial charge in [-0.15, -0.1) is 0 Å². The predicted octanol–water partition coefficient (Wildman–Crippen LogP) is 2.33. The summed E-state index contributed by atoms with van der Waals surface area (Å²) >= 11 is 0. The number of hydrogen-bond donors (Lipinski definition) is 0. The maximum atomic E-state index is 6.05. The summed E-state index contributed by atoms with van der Waals surface area (Å²) in [4.78, 5) is 0. The maximum absolute atomic E-state index is 6.05. The second-order valence-electron chi connectivity index (χ2n) is 5.14. The Kier molecular flexibility index (Phi) is 10.4. The van der Waals surface area contributed by atoms with Gasteiger partial charge < -0.3 is 0 Å². The van der Waals surface area contributed by atoms with Gasteiger partial charge in [-0.1, -0.05) is 74.4 Å². The second kappa shape index (κ2) is 10.2. The van der Waals surface area contributed by atoms with Gasteiger partial charge in [0.1, 0.15) is 0 Å². The van der Waals surface area contributed by atoms with Crippen LogP contribution in [0.15, 0.2) is 0 Å². The molecule has 0 aliphatic carbocycles. The first-order chi connectivity index (χ1) is 8.45. The summed E-state index contributed by atoms with van der Waals surface area (Å²) in [5, 5.41) is 0. The van der Waals surface area contributed by atoms with Crippen molar-refractivity contribution >= 4 is 47.1 Å². The molecule has 0 heterocycles. The van der Waals surface area contributed by atoms with Crippen molar-refractivity contribution in [2.45, 2.75) is 74.4 Å². The molecule has 12 radical (unpaired) electrons. The molecule has 0 aromatic heterocycles. The summed E-state index contributed by atoms with van der Waals surface area (Å²) in [6.45, 7) is 2.18. The predicted molar refractivity (Wildman–Crippen MR) is 86.8 cm³/mol. The zero-order chi connectivity index (χ0) is 14.1. The molecule has 5 unspecified atom stereocenters. The van der Waals surface area contributed by atoms with Gasteiger partial charge in [0.05, 0.1) is 47.1 Å². The first kappa shape index (κ1) is 18.4. The Hall–Kier alpha value is 0.390. The van der Waals surface area contributed by atoms with Gasteiger partial charge in [-0.25, -0.2) is 0 Å². The Labute approximate surface area is 122 Å². The van der Waals surface area contributed by atoms with Gasteiger partial charge in [0.2, 0.25) is 0 Å². The lowest BCUT2D eigenvalue weighted by Gasteiger charge is -2.35.